The zero-order chi connectivity index (χ0) is 12.5. The van der Waals surface area contributed by atoms with Crippen molar-refractivity contribution in [1.29, 1.82) is 0 Å². The van der Waals surface area contributed by atoms with E-state index in [4.69, 9.17) is 10.5 Å². The molecule has 0 aromatic carbocycles. The van der Waals surface area contributed by atoms with Gasteiger partial charge in [0.05, 0.1) is 6.10 Å². The molecule has 4 unspecified atom stereocenters. The number of hydrogen-bond acceptors (Lipinski definition) is 3. The number of aromatic nitrogens is 1. The standard InChI is InChI=1S/C15H22N2O/c1-2-13-11(7-9-18-13)14(16)12-6-5-10-4-3-8-17-15(10)12/h3-4,8,11-14H,2,5-7,9,16H2,1H3. The Hall–Kier alpha value is -0.930. The van der Waals surface area contributed by atoms with E-state index in [0.717, 1.165) is 32.3 Å². The van der Waals surface area contributed by atoms with Crippen molar-refractivity contribution in [3.63, 3.8) is 0 Å². The van der Waals surface area contributed by atoms with Crippen LogP contribution in [0.2, 0.25) is 0 Å². The van der Waals surface area contributed by atoms with Crippen LogP contribution >= 0.6 is 0 Å². The van der Waals surface area contributed by atoms with Crippen LogP contribution < -0.4 is 5.73 Å². The first-order valence-corrected chi connectivity index (χ1v) is 7.12. The zero-order valence-electron chi connectivity index (χ0n) is 11.0. The SMILES string of the molecule is CCC1OCCC1C(N)C1CCc2cccnc21. The summed E-state index contributed by atoms with van der Waals surface area (Å²) < 4.78 is 5.78. The molecule has 1 aromatic rings. The fourth-order valence-corrected chi connectivity index (χ4v) is 3.64. The molecule has 2 aliphatic rings. The Morgan fingerprint density at radius 1 is 1.50 bits per heavy atom. The molecule has 3 rings (SSSR count). The molecular formula is C15H22N2O. The number of hydrogen-bond donors (Lipinski definition) is 1. The molecule has 1 aliphatic carbocycles. The van der Waals surface area contributed by atoms with Gasteiger partial charge in [-0.2, -0.15) is 0 Å². The van der Waals surface area contributed by atoms with Crippen LogP contribution in [0.15, 0.2) is 18.3 Å². The summed E-state index contributed by atoms with van der Waals surface area (Å²) in [5.41, 5.74) is 9.18. The third-order valence-electron chi connectivity index (χ3n) is 4.62. The maximum Gasteiger partial charge on any atom is 0.0616 e. The number of fused-ring (bicyclic) bond motifs is 1. The first-order chi connectivity index (χ1) is 8.81. The molecule has 3 heteroatoms. The predicted octanol–water partition coefficient (Wildman–Crippen LogP) is 2.25. The lowest BCUT2D eigenvalue weighted by atomic mass is 9.82. The van der Waals surface area contributed by atoms with Gasteiger partial charge in [-0.3, -0.25) is 4.98 Å². The Bertz CT molecular complexity index is 421. The van der Waals surface area contributed by atoms with Crippen molar-refractivity contribution in [2.75, 3.05) is 6.61 Å². The average Bonchev–Trinajstić information content (AvgIpc) is 3.04. The van der Waals surface area contributed by atoms with Crippen molar-refractivity contribution < 1.29 is 4.74 Å². The lowest BCUT2D eigenvalue weighted by Crippen LogP contribution is -2.39. The van der Waals surface area contributed by atoms with Gasteiger partial charge >= 0.3 is 0 Å². The van der Waals surface area contributed by atoms with E-state index in [1.807, 2.05) is 12.3 Å². The average molecular weight is 246 g/mol. The van der Waals surface area contributed by atoms with Gasteiger partial charge in [0.1, 0.15) is 0 Å². The Morgan fingerprint density at radius 2 is 2.39 bits per heavy atom. The van der Waals surface area contributed by atoms with Crippen LogP contribution in [-0.2, 0) is 11.2 Å². The van der Waals surface area contributed by atoms with E-state index < -0.39 is 0 Å². The van der Waals surface area contributed by atoms with Gasteiger partial charge in [-0.1, -0.05) is 13.0 Å². The summed E-state index contributed by atoms with van der Waals surface area (Å²) in [7, 11) is 0. The van der Waals surface area contributed by atoms with E-state index in [0.29, 0.717) is 17.9 Å². The molecule has 0 bridgehead atoms. The summed E-state index contributed by atoms with van der Waals surface area (Å²) in [6.45, 7) is 3.06. The van der Waals surface area contributed by atoms with Crippen LogP contribution in [0.25, 0.3) is 0 Å². The molecule has 0 radical (unpaired) electrons. The molecule has 1 fully saturated rings. The van der Waals surface area contributed by atoms with E-state index >= 15 is 0 Å². The quantitative estimate of drug-likeness (QED) is 0.890. The lowest BCUT2D eigenvalue weighted by molar-refractivity contribution is 0.0786. The molecule has 1 aromatic heterocycles. The van der Waals surface area contributed by atoms with Gasteiger partial charge in [-0.05, 0) is 37.3 Å². The van der Waals surface area contributed by atoms with Gasteiger partial charge in [0.15, 0.2) is 0 Å². The van der Waals surface area contributed by atoms with Crippen molar-refractivity contribution in [1.82, 2.24) is 4.98 Å². The minimum absolute atomic E-state index is 0.202. The second-order valence-electron chi connectivity index (χ2n) is 5.54. The van der Waals surface area contributed by atoms with E-state index in [1.54, 1.807) is 0 Å². The highest BCUT2D eigenvalue weighted by Gasteiger charge is 2.39. The van der Waals surface area contributed by atoms with Crippen LogP contribution in [0.5, 0.6) is 0 Å². The summed E-state index contributed by atoms with van der Waals surface area (Å²) >= 11 is 0. The largest absolute Gasteiger partial charge is 0.378 e. The molecule has 4 atom stereocenters. The van der Waals surface area contributed by atoms with Gasteiger partial charge in [0.25, 0.3) is 0 Å². The highest BCUT2D eigenvalue weighted by molar-refractivity contribution is 5.30. The van der Waals surface area contributed by atoms with Crippen LogP contribution in [0.4, 0.5) is 0 Å². The highest BCUT2D eigenvalue weighted by atomic mass is 16.5. The highest BCUT2D eigenvalue weighted by Crippen LogP contribution is 2.39. The molecule has 2 heterocycles. The van der Waals surface area contributed by atoms with E-state index in [2.05, 4.69) is 18.0 Å². The van der Waals surface area contributed by atoms with E-state index in [-0.39, 0.29) is 6.04 Å². The summed E-state index contributed by atoms with van der Waals surface area (Å²) in [6.07, 6.45) is 6.71. The minimum Gasteiger partial charge on any atom is -0.378 e. The number of ether oxygens (including phenoxy) is 1. The van der Waals surface area contributed by atoms with E-state index in [9.17, 15) is 0 Å². The number of nitrogens with two attached hydrogens (primary N) is 1. The topological polar surface area (TPSA) is 48.1 Å². The van der Waals surface area contributed by atoms with Gasteiger partial charge in [0.2, 0.25) is 0 Å². The van der Waals surface area contributed by atoms with Gasteiger partial charge in [-0.15, -0.1) is 0 Å². The molecule has 18 heavy (non-hydrogen) atoms. The summed E-state index contributed by atoms with van der Waals surface area (Å²) in [5.74, 6) is 0.940. The summed E-state index contributed by atoms with van der Waals surface area (Å²) in [6, 6.07) is 4.42. The van der Waals surface area contributed by atoms with Crippen molar-refractivity contribution in [2.24, 2.45) is 11.7 Å². The second kappa shape index (κ2) is 4.98. The van der Waals surface area contributed by atoms with E-state index in [1.165, 1.54) is 11.3 Å². The van der Waals surface area contributed by atoms with Crippen molar-refractivity contribution >= 4 is 0 Å². The Labute approximate surface area is 109 Å². The van der Waals surface area contributed by atoms with Gasteiger partial charge in [0, 0.05) is 36.4 Å². The van der Waals surface area contributed by atoms with Gasteiger partial charge < -0.3 is 10.5 Å². The molecule has 1 aliphatic heterocycles. The van der Waals surface area contributed by atoms with Crippen LogP contribution in [0.1, 0.15) is 43.4 Å². The Morgan fingerprint density at radius 3 is 3.22 bits per heavy atom. The van der Waals surface area contributed by atoms with Crippen LogP contribution in [0, 0.1) is 5.92 Å². The van der Waals surface area contributed by atoms with Crippen LogP contribution in [-0.4, -0.2) is 23.7 Å². The van der Waals surface area contributed by atoms with Crippen molar-refractivity contribution in [2.45, 2.75) is 50.7 Å². The molecule has 0 amide bonds. The number of nitrogens with zero attached hydrogens (tertiary/aromatic N) is 1. The molecule has 2 N–H and O–H groups in total. The fraction of sp³-hybridized carbons (Fsp3) is 0.667. The van der Waals surface area contributed by atoms with Gasteiger partial charge in [-0.25, -0.2) is 0 Å². The Balaban J connectivity index is 1.80. The number of rotatable bonds is 3. The molecule has 1 saturated heterocycles. The molecule has 3 nitrogen and oxygen atoms in total. The first kappa shape index (κ1) is 12.1. The number of pyridine rings is 1. The molecule has 98 valence electrons. The molecule has 0 saturated carbocycles. The fourth-order valence-electron chi connectivity index (χ4n) is 3.64. The summed E-state index contributed by atoms with van der Waals surface area (Å²) in [4.78, 5) is 4.56. The maximum absolute atomic E-state index is 6.55. The predicted molar refractivity (Wildman–Crippen MR) is 71.4 cm³/mol. The first-order valence-electron chi connectivity index (χ1n) is 7.12. The smallest absolute Gasteiger partial charge is 0.0616 e. The normalized spacial score (nSPS) is 32.4. The molecular weight excluding hydrogens is 224 g/mol. The maximum atomic E-state index is 6.55. The second-order valence-corrected chi connectivity index (χ2v) is 5.54. The van der Waals surface area contributed by atoms with Crippen LogP contribution in [0.3, 0.4) is 0 Å². The zero-order valence-corrected chi connectivity index (χ0v) is 11.0. The Kier molecular flexibility index (Phi) is 3.35. The third-order valence-corrected chi connectivity index (χ3v) is 4.62. The summed E-state index contributed by atoms with van der Waals surface area (Å²) in [5, 5.41) is 0. The minimum atomic E-state index is 0.202. The monoisotopic (exact) mass is 246 g/mol. The molecule has 0 spiro atoms. The number of aryl methyl sites for hydroxylation is 1. The third kappa shape index (κ3) is 1.95. The van der Waals surface area contributed by atoms with Crippen molar-refractivity contribution in [3.8, 4) is 0 Å². The van der Waals surface area contributed by atoms with Crippen molar-refractivity contribution in [3.05, 3.63) is 29.6 Å². The lowest BCUT2D eigenvalue weighted by Gasteiger charge is -2.28.